The van der Waals surface area contributed by atoms with Gasteiger partial charge in [-0.2, -0.15) is 0 Å². The second kappa shape index (κ2) is 2.23. The van der Waals surface area contributed by atoms with E-state index in [0.29, 0.717) is 0 Å². The summed E-state index contributed by atoms with van der Waals surface area (Å²) >= 11 is 0. The zero-order valence-corrected chi connectivity index (χ0v) is 6.06. The van der Waals surface area contributed by atoms with Gasteiger partial charge in [-0.05, 0) is 6.42 Å². The molecule has 5 heteroatoms. The summed E-state index contributed by atoms with van der Waals surface area (Å²) < 4.78 is 21.3. The summed E-state index contributed by atoms with van der Waals surface area (Å²) in [4.78, 5) is 10.1. The van der Waals surface area contributed by atoms with Crippen LogP contribution >= 0.6 is 0 Å². The van der Waals surface area contributed by atoms with Gasteiger partial charge < -0.3 is 9.90 Å². The molecular formula is C5H7O4S-. The molecule has 0 aromatic heterocycles. The molecule has 1 aliphatic rings. The lowest BCUT2D eigenvalue weighted by molar-refractivity contribution is -0.310. The van der Waals surface area contributed by atoms with Crippen LogP contribution in [0.5, 0.6) is 0 Å². The van der Waals surface area contributed by atoms with Crippen LogP contribution in [-0.2, 0) is 14.6 Å². The second-order valence-corrected chi connectivity index (χ2v) is 4.65. The summed E-state index contributed by atoms with van der Waals surface area (Å²) in [5.74, 6) is -2.27. The van der Waals surface area contributed by atoms with Gasteiger partial charge >= 0.3 is 0 Å². The number of carboxylic acid groups (broad SMARTS) is 1. The molecule has 1 fully saturated rings. The van der Waals surface area contributed by atoms with Crippen LogP contribution < -0.4 is 5.11 Å². The van der Waals surface area contributed by atoms with Crippen molar-refractivity contribution in [2.75, 3.05) is 11.5 Å². The molecule has 0 bridgehead atoms. The monoisotopic (exact) mass is 163 g/mol. The Morgan fingerprint density at radius 2 is 2.10 bits per heavy atom. The molecule has 0 N–H and O–H groups in total. The van der Waals surface area contributed by atoms with Crippen molar-refractivity contribution in [3.05, 3.63) is 0 Å². The van der Waals surface area contributed by atoms with Crippen molar-refractivity contribution in [3.8, 4) is 0 Å². The fraction of sp³-hybridized carbons (Fsp3) is 0.800. The first-order valence-corrected chi connectivity index (χ1v) is 4.75. The Morgan fingerprint density at radius 1 is 1.50 bits per heavy atom. The van der Waals surface area contributed by atoms with Crippen molar-refractivity contribution in [2.24, 2.45) is 5.92 Å². The first-order chi connectivity index (χ1) is 4.51. The maximum atomic E-state index is 10.7. The standard InChI is InChI=1S/C5H8O4S/c6-5(7)4-1-2-10(8,9)3-4/h4H,1-3H2,(H,6,7)/p-1/t4-/m1/s1. The molecule has 1 atom stereocenters. The van der Waals surface area contributed by atoms with Gasteiger partial charge in [0.2, 0.25) is 0 Å². The maximum Gasteiger partial charge on any atom is 0.150 e. The van der Waals surface area contributed by atoms with Crippen LogP contribution in [0.15, 0.2) is 0 Å². The Balaban J connectivity index is 2.69. The normalized spacial score (nSPS) is 30.2. The lowest BCUT2D eigenvalue weighted by Crippen LogP contribution is -2.31. The van der Waals surface area contributed by atoms with Crippen molar-refractivity contribution in [1.82, 2.24) is 0 Å². The van der Waals surface area contributed by atoms with Crippen molar-refractivity contribution >= 4 is 15.8 Å². The van der Waals surface area contributed by atoms with E-state index in [1.807, 2.05) is 0 Å². The molecule has 4 nitrogen and oxygen atoms in total. The molecule has 0 amide bonds. The molecule has 0 aromatic rings. The summed E-state index contributed by atoms with van der Waals surface area (Å²) in [6.07, 6.45) is 0.213. The molecule has 0 aliphatic carbocycles. The molecule has 1 saturated heterocycles. The average Bonchev–Trinajstić information content (AvgIpc) is 2.10. The van der Waals surface area contributed by atoms with Crippen LogP contribution in [0.3, 0.4) is 0 Å². The van der Waals surface area contributed by atoms with E-state index in [0.717, 1.165) is 0 Å². The van der Waals surface area contributed by atoms with Gasteiger partial charge in [0, 0.05) is 11.9 Å². The number of carboxylic acids is 1. The molecular weight excluding hydrogens is 156 g/mol. The minimum absolute atomic E-state index is 0.00829. The zero-order chi connectivity index (χ0) is 7.78. The Morgan fingerprint density at radius 3 is 2.30 bits per heavy atom. The fourth-order valence-corrected chi connectivity index (χ4v) is 2.71. The minimum Gasteiger partial charge on any atom is -0.550 e. The summed E-state index contributed by atoms with van der Waals surface area (Å²) in [6, 6.07) is 0. The highest BCUT2D eigenvalue weighted by atomic mass is 32.2. The molecule has 1 aliphatic heterocycles. The first kappa shape index (κ1) is 7.53. The Bertz CT molecular complexity index is 240. The van der Waals surface area contributed by atoms with E-state index >= 15 is 0 Å². The Labute approximate surface area is 58.8 Å². The molecule has 0 aromatic carbocycles. The van der Waals surface area contributed by atoms with Gasteiger partial charge in [-0.15, -0.1) is 0 Å². The lowest BCUT2D eigenvalue weighted by Gasteiger charge is -2.06. The van der Waals surface area contributed by atoms with Gasteiger partial charge in [0.25, 0.3) is 0 Å². The van der Waals surface area contributed by atoms with Gasteiger partial charge in [0.15, 0.2) is 9.84 Å². The van der Waals surface area contributed by atoms with Crippen molar-refractivity contribution in [1.29, 1.82) is 0 Å². The highest BCUT2D eigenvalue weighted by Crippen LogP contribution is 2.16. The molecule has 0 saturated carbocycles. The van der Waals surface area contributed by atoms with Crippen LogP contribution in [0.1, 0.15) is 6.42 Å². The Hall–Kier alpha value is -0.580. The van der Waals surface area contributed by atoms with E-state index in [2.05, 4.69) is 0 Å². The van der Waals surface area contributed by atoms with Crippen LogP contribution in [0.25, 0.3) is 0 Å². The number of aliphatic carboxylic acids is 1. The largest absolute Gasteiger partial charge is 0.550 e. The van der Waals surface area contributed by atoms with Gasteiger partial charge in [-0.3, -0.25) is 0 Å². The number of rotatable bonds is 1. The van der Waals surface area contributed by atoms with E-state index < -0.39 is 21.7 Å². The average molecular weight is 163 g/mol. The van der Waals surface area contributed by atoms with Crippen molar-refractivity contribution < 1.29 is 18.3 Å². The third-order valence-corrected chi connectivity index (χ3v) is 3.33. The summed E-state index contributed by atoms with van der Waals surface area (Å²) in [5, 5.41) is 10.1. The number of hydrogen-bond donors (Lipinski definition) is 0. The number of sulfone groups is 1. The van der Waals surface area contributed by atoms with Gasteiger partial charge in [0.1, 0.15) is 0 Å². The highest BCUT2D eigenvalue weighted by Gasteiger charge is 2.28. The smallest absolute Gasteiger partial charge is 0.150 e. The van der Waals surface area contributed by atoms with E-state index in [-0.39, 0.29) is 17.9 Å². The third-order valence-electron chi connectivity index (χ3n) is 1.57. The van der Waals surface area contributed by atoms with Gasteiger partial charge in [-0.25, -0.2) is 8.42 Å². The van der Waals surface area contributed by atoms with E-state index in [4.69, 9.17) is 0 Å². The molecule has 1 rings (SSSR count). The quantitative estimate of drug-likeness (QED) is 0.455. The third kappa shape index (κ3) is 1.47. The van der Waals surface area contributed by atoms with Crippen LogP contribution in [-0.4, -0.2) is 25.9 Å². The fourth-order valence-electron chi connectivity index (χ4n) is 0.981. The molecule has 1 heterocycles. The molecule has 0 radical (unpaired) electrons. The van der Waals surface area contributed by atoms with Crippen LogP contribution in [0, 0.1) is 5.92 Å². The van der Waals surface area contributed by atoms with Crippen LogP contribution in [0.2, 0.25) is 0 Å². The minimum atomic E-state index is -3.06. The Kier molecular flexibility index (Phi) is 1.68. The van der Waals surface area contributed by atoms with Gasteiger partial charge in [0.05, 0.1) is 11.5 Å². The second-order valence-electron chi connectivity index (χ2n) is 2.42. The highest BCUT2D eigenvalue weighted by molar-refractivity contribution is 7.91. The molecule has 10 heavy (non-hydrogen) atoms. The molecule has 0 unspecified atom stereocenters. The van der Waals surface area contributed by atoms with Crippen LogP contribution in [0.4, 0.5) is 0 Å². The first-order valence-electron chi connectivity index (χ1n) is 2.92. The molecule has 58 valence electrons. The predicted octanol–water partition coefficient (Wildman–Crippen LogP) is -1.83. The van der Waals surface area contributed by atoms with E-state index in [1.165, 1.54) is 0 Å². The topological polar surface area (TPSA) is 74.3 Å². The summed E-state index contributed by atoms with van der Waals surface area (Å²) in [6.45, 7) is 0. The zero-order valence-electron chi connectivity index (χ0n) is 5.24. The van der Waals surface area contributed by atoms with Crippen molar-refractivity contribution in [3.63, 3.8) is 0 Å². The molecule has 0 spiro atoms. The number of carbonyl (C=O) groups excluding carboxylic acids is 1. The summed E-state index contributed by atoms with van der Waals surface area (Å²) in [7, 11) is -3.06. The number of carbonyl (C=O) groups is 1. The summed E-state index contributed by atoms with van der Waals surface area (Å²) in [5.41, 5.74) is 0. The number of hydrogen-bond acceptors (Lipinski definition) is 4. The SMILES string of the molecule is O=C([O-])[C@@H]1CCS(=O)(=O)C1. The predicted molar refractivity (Wildman–Crippen MR) is 31.8 cm³/mol. The maximum absolute atomic E-state index is 10.7. The van der Waals surface area contributed by atoms with Gasteiger partial charge in [-0.1, -0.05) is 0 Å². The lowest BCUT2D eigenvalue weighted by atomic mass is 10.1. The van der Waals surface area contributed by atoms with E-state index in [1.54, 1.807) is 0 Å². The van der Waals surface area contributed by atoms with E-state index in [9.17, 15) is 18.3 Å². The van der Waals surface area contributed by atoms with Crippen molar-refractivity contribution in [2.45, 2.75) is 6.42 Å².